The Morgan fingerprint density at radius 2 is 1.85 bits per heavy atom. The van der Waals surface area contributed by atoms with Crippen molar-refractivity contribution in [3.05, 3.63) is 30.2 Å². The summed E-state index contributed by atoms with van der Waals surface area (Å²) >= 11 is 0. The topological polar surface area (TPSA) is 74.2 Å². The zero-order valence-corrected chi connectivity index (χ0v) is 11.6. The molecule has 0 aliphatic heterocycles. The SMILES string of the molecule is COc1ccc(-c2noc(C3CCC(N)CC3)n2)cc1. The van der Waals surface area contributed by atoms with Gasteiger partial charge in [0.05, 0.1) is 7.11 Å². The van der Waals surface area contributed by atoms with Gasteiger partial charge in [-0.2, -0.15) is 4.98 Å². The number of benzene rings is 1. The molecule has 0 saturated heterocycles. The Bertz CT molecular complexity index is 557. The number of ether oxygens (including phenoxy) is 1. The first kappa shape index (κ1) is 13.1. The molecule has 0 unspecified atom stereocenters. The monoisotopic (exact) mass is 273 g/mol. The average molecular weight is 273 g/mol. The number of hydrogen-bond donors (Lipinski definition) is 1. The van der Waals surface area contributed by atoms with Crippen molar-refractivity contribution in [2.75, 3.05) is 7.11 Å². The lowest BCUT2D eigenvalue weighted by Gasteiger charge is -2.22. The van der Waals surface area contributed by atoms with Crippen LogP contribution in [0.5, 0.6) is 5.75 Å². The van der Waals surface area contributed by atoms with Gasteiger partial charge in [-0.25, -0.2) is 0 Å². The molecule has 1 fully saturated rings. The van der Waals surface area contributed by atoms with Crippen LogP contribution in [0.25, 0.3) is 11.4 Å². The van der Waals surface area contributed by atoms with Gasteiger partial charge >= 0.3 is 0 Å². The first-order chi connectivity index (χ1) is 9.76. The minimum absolute atomic E-state index is 0.329. The quantitative estimate of drug-likeness (QED) is 0.930. The summed E-state index contributed by atoms with van der Waals surface area (Å²) < 4.78 is 10.6. The fourth-order valence-corrected chi connectivity index (χ4v) is 2.62. The summed E-state index contributed by atoms with van der Waals surface area (Å²) in [4.78, 5) is 4.53. The van der Waals surface area contributed by atoms with Crippen LogP contribution in [0, 0.1) is 0 Å². The maximum absolute atomic E-state index is 5.92. The molecule has 106 valence electrons. The van der Waals surface area contributed by atoms with Crippen LogP contribution in [0.15, 0.2) is 28.8 Å². The van der Waals surface area contributed by atoms with E-state index in [1.165, 1.54) is 0 Å². The number of nitrogens with zero attached hydrogens (tertiary/aromatic N) is 2. The molecule has 1 aromatic heterocycles. The molecular formula is C15H19N3O2. The van der Waals surface area contributed by atoms with Crippen LogP contribution < -0.4 is 10.5 Å². The molecule has 0 bridgehead atoms. The highest BCUT2D eigenvalue weighted by atomic mass is 16.5. The summed E-state index contributed by atoms with van der Waals surface area (Å²) in [7, 11) is 1.65. The molecule has 1 aliphatic rings. The molecule has 5 heteroatoms. The van der Waals surface area contributed by atoms with Crippen LogP contribution in [-0.4, -0.2) is 23.3 Å². The third-order valence-corrected chi connectivity index (χ3v) is 3.91. The second kappa shape index (κ2) is 5.63. The molecular weight excluding hydrogens is 254 g/mol. The van der Waals surface area contributed by atoms with Gasteiger partial charge in [0.1, 0.15) is 5.75 Å². The van der Waals surface area contributed by atoms with Gasteiger partial charge in [-0.3, -0.25) is 0 Å². The minimum Gasteiger partial charge on any atom is -0.497 e. The van der Waals surface area contributed by atoms with E-state index in [-0.39, 0.29) is 0 Å². The molecule has 1 aliphatic carbocycles. The van der Waals surface area contributed by atoms with Crippen LogP contribution in [0.1, 0.15) is 37.5 Å². The van der Waals surface area contributed by atoms with Gasteiger partial charge in [0.25, 0.3) is 0 Å². The number of hydrogen-bond acceptors (Lipinski definition) is 5. The van der Waals surface area contributed by atoms with Gasteiger partial charge < -0.3 is 15.0 Å². The van der Waals surface area contributed by atoms with Crippen LogP contribution in [0.4, 0.5) is 0 Å². The molecule has 0 radical (unpaired) electrons. The first-order valence-corrected chi connectivity index (χ1v) is 7.00. The Hall–Kier alpha value is -1.88. The molecule has 1 heterocycles. The Morgan fingerprint density at radius 1 is 1.15 bits per heavy atom. The zero-order valence-electron chi connectivity index (χ0n) is 11.6. The molecule has 1 aromatic carbocycles. The number of rotatable bonds is 3. The van der Waals surface area contributed by atoms with Gasteiger partial charge in [-0.1, -0.05) is 5.16 Å². The Labute approximate surface area is 118 Å². The maximum Gasteiger partial charge on any atom is 0.230 e. The van der Waals surface area contributed by atoms with E-state index in [0.29, 0.717) is 17.8 Å². The Morgan fingerprint density at radius 3 is 2.50 bits per heavy atom. The smallest absolute Gasteiger partial charge is 0.230 e. The molecule has 3 rings (SSSR count). The van der Waals surface area contributed by atoms with Crippen LogP contribution >= 0.6 is 0 Å². The average Bonchev–Trinajstić information content (AvgIpc) is 2.98. The van der Waals surface area contributed by atoms with E-state index in [2.05, 4.69) is 10.1 Å². The van der Waals surface area contributed by atoms with E-state index >= 15 is 0 Å². The van der Waals surface area contributed by atoms with Crippen molar-refractivity contribution in [3.63, 3.8) is 0 Å². The van der Waals surface area contributed by atoms with Gasteiger partial charge in [-0.15, -0.1) is 0 Å². The number of nitrogens with two attached hydrogens (primary N) is 1. The highest BCUT2D eigenvalue weighted by Gasteiger charge is 2.24. The Balaban J connectivity index is 1.75. The van der Waals surface area contributed by atoms with Gasteiger partial charge in [0, 0.05) is 17.5 Å². The largest absolute Gasteiger partial charge is 0.497 e. The predicted molar refractivity (Wildman–Crippen MR) is 75.5 cm³/mol. The predicted octanol–water partition coefficient (Wildman–Crippen LogP) is 2.73. The summed E-state index contributed by atoms with van der Waals surface area (Å²) in [5.41, 5.74) is 6.86. The van der Waals surface area contributed by atoms with Crippen molar-refractivity contribution in [1.82, 2.24) is 10.1 Å². The third-order valence-electron chi connectivity index (χ3n) is 3.91. The standard InChI is InChI=1S/C15H19N3O2/c1-19-13-8-4-10(5-9-13)14-17-15(20-18-14)11-2-6-12(16)7-3-11/h4-5,8-9,11-12H,2-3,6-7,16H2,1H3. The maximum atomic E-state index is 5.92. The highest BCUT2D eigenvalue weighted by molar-refractivity contribution is 5.55. The van der Waals surface area contributed by atoms with E-state index < -0.39 is 0 Å². The molecule has 0 spiro atoms. The first-order valence-electron chi connectivity index (χ1n) is 7.00. The molecule has 20 heavy (non-hydrogen) atoms. The van der Waals surface area contributed by atoms with E-state index in [1.54, 1.807) is 7.11 Å². The van der Waals surface area contributed by atoms with Crippen molar-refractivity contribution < 1.29 is 9.26 Å². The normalized spacial score (nSPS) is 22.7. The Kier molecular flexibility index (Phi) is 3.69. The zero-order chi connectivity index (χ0) is 13.9. The van der Waals surface area contributed by atoms with Crippen molar-refractivity contribution in [2.45, 2.75) is 37.6 Å². The fourth-order valence-electron chi connectivity index (χ4n) is 2.62. The number of methoxy groups -OCH3 is 1. The lowest BCUT2D eigenvalue weighted by molar-refractivity contribution is 0.301. The second-order valence-corrected chi connectivity index (χ2v) is 5.30. The van der Waals surface area contributed by atoms with Crippen molar-refractivity contribution in [3.8, 4) is 17.1 Å². The molecule has 5 nitrogen and oxygen atoms in total. The lowest BCUT2D eigenvalue weighted by atomic mass is 9.86. The van der Waals surface area contributed by atoms with Gasteiger partial charge in [-0.05, 0) is 49.9 Å². The molecule has 2 aromatic rings. The summed E-state index contributed by atoms with van der Waals surface area (Å²) in [5.74, 6) is 2.55. The van der Waals surface area contributed by atoms with E-state index in [4.69, 9.17) is 15.0 Å². The summed E-state index contributed by atoms with van der Waals surface area (Å²) in [6, 6.07) is 7.99. The third kappa shape index (κ3) is 2.67. The summed E-state index contributed by atoms with van der Waals surface area (Å²) in [6.07, 6.45) is 4.13. The van der Waals surface area contributed by atoms with Crippen LogP contribution in [0.3, 0.4) is 0 Å². The van der Waals surface area contributed by atoms with Crippen LogP contribution in [-0.2, 0) is 0 Å². The molecule has 1 saturated carbocycles. The molecule has 0 amide bonds. The molecule has 0 atom stereocenters. The van der Waals surface area contributed by atoms with Crippen LogP contribution in [0.2, 0.25) is 0 Å². The summed E-state index contributed by atoms with van der Waals surface area (Å²) in [5, 5.41) is 4.08. The lowest BCUT2D eigenvalue weighted by Crippen LogP contribution is -2.25. The summed E-state index contributed by atoms with van der Waals surface area (Å²) in [6.45, 7) is 0. The van der Waals surface area contributed by atoms with Gasteiger partial charge in [0.2, 0.25) is 11.7 Å². The van der Waals surface area contributed by atoms with E-state index in [1.807, 2.05) is 24.3 Å². The van der Waals surface area contributed by atoms with Crippen molar-refractivity contribution in [1.29, 1.82) is 0 Å². The van der Waals surface area contributed by atoms with Crippen molar-refractivity contribution in [2.24, 2.45) is 5.73 Å². The van der Waals surface area contributed by atoms with E-state index in [0.717, 1.165) is 42.9 Å². The van der Waals surface area contributed by atoms with Crippen molar-refractivity contribution >= 4 is 0 Å². The van der Waals surface area contributed by atoms with Gasteiger partial charge in [0.15, 0.2) is 0 Å². The molecule has 2 N–H and O–H groups in total. The second-order valence-electron chi connectivity index (χ2n) is 5.30. The fraction of sp³-hybridized carbons (Fsp3) is 0.467. The minimum atomic E-state index is 0.329. The number of aromatic nitrogens is 2. The van der Waals surface area contributed by atoms with E-state index in [9.17, 15) is 0 Å². The highest BCUT2D eigenvalue weighted by Crippen LogP contribution is 2.32.